The molecule has 2 N–H and O–H groups in total. The number of ether oxygens (including phenoxy) is 8. The van der Waals surface area contributed by atoms with Gasteiger partial charge in [0.25, 0.3) is 0 Å². The molecule has 13 heteroatoms. The molecule has 0 heterocycles. The van der Waals surface area contributed by atoms with Gasteiger partial charge in [-0.15, -0.1) is 0 Å². The first-order chi connectivity index (χ1) is 24.5. The number of rotatable bonds is 16. The van der Waals surface area contributed by atoms with Gasteiger partial charge in [-0.2, -0.15) is 0 Å². The molecule has 0 aliphatic heterocycles. The number of phenols is 2. The highest BCUT2D eigenvalue weighted by atomic mass is 32.2. The van der Waals surface area contributed by atoms with Crippen molar-refractivity contribution in [3.05, 3.63) is 95.1 Å². The molecular weight excluding hydrogens is 680 g/mol. The van der Waals surface area contributed by atoms with E-state index in [4.69, 9.17) is 37.9 Å². The van der Waals surface area contributed by atoms with Gasteiger partial charge < -0.3 is 48.1 Å². The van der Waals surface area contributed by atoms with E-state index in [1.54, 1.807) is 48.6 Å². The molecule has 12 nitrogen and oxygen atoms in total. The van der Waals surface area contributed by atoms with Crippen molar-refractivity contribution in [2.75, 3.05) is 56.9 Å². The van der Waals surface area contributed by atoms with Crippen LogP contribution in [0.15, 0.2) is 72.8 Å². The van der Waals surface area contributed by atoms with Crippen LogP contribution >= 0.6 is 0 Å². The average molecular weight is 723 g/mol. The maximum Gasteiger partial charge on any atom is 0.203 e. The first-order valence-corrected chi connectivity index (χ1v) is 17.0. The molecule has 4 rings (SSSR count). The molecule has 0 radical (unpaired) electrons. The summed E-state index contributed by atoms with van der Waals surface area (Å²) in [5.74, 6) is 2.08. The SMILES string of the molecule is COc1ccc(C(/C=C/c2cc(OC)c(OC)c(OC)c2)S(=O)(=O)C(/C=C/c2cc(OC)c(OC)c(OC)c2)c2ccc(OC)c(O)c2)cc1O. The summed E-state index contributed by atoms with van der Waals surface area (Å²) < 4.78 is 73.4. The molecule has 0 aromatic heterocycles. The number of hydrogen-bond acceptors (Lipinski definition) is 12. The third-order valence-electron chi connectivity index (χ3n) is 8.07. The summed E-state index contributed by atoms with van der Waals surface area (Å²) in [6.07, 6.45) is 6.22. The molecule has 4 aromatic rings. The quantitative estimate of drug-likeness (QED) is 0.125. The molecule has 0 spiro atoms. The Bertz CT molecular complexity index is 1820. The van der Waals surface area contributed by atoms with Crippen molar-refractivity contribution in [2.45, 2.75) is 10.5 Å². The monoisotopic (exact) mass is 722 g/mol. The van der Waals surface area contributed by atoms with Gasteiger partial charge in [0.15, 0.2) is 55.8 Å². The number of hydrogen-bond donors (Lipinski definition) is 2. The van der Waals surface area contributed by atoms with Crippen LogP contribution in [-0.2, 0) is 9.84 Å². The summed E-state index contributed by atoms with van der Waals surface area (Å²) in [6.45, 7) is 0. The van der Waals surface area contributed by atoms with Crippen LogP contribution in [-0.4, -0.2) is 75.5 Å². The van der Waals surface area contributed by atoms with Gasteiger partial charge in [-0.25, -0.2) is 8.42 Å². The Morgan fingerprint density at radius 3 is 1.04 bits per heavy atom. The fourth-order valence-electron chi connectivity index (χ4n) is 5.54. The van der Waals surface area contributed by atoms with Crippen LogP contribution in [0.3, 0.4) is 0 Å². The lowest BCUT2D eigenvalue weighted by molar-refractivity contribution is 0.324. The van der Waals surface area contributed by atoms with Gasteiger partial charge in [0.1, 0.15) is 10.5 Å². The second-order valence-corrected chi connectivity index (χ2v) is 13.1. The molecule has 272 valence electrons. The number of benzene rings is 4. The normalized spacial score (nSPS) is 12.7. The summed E-state index contributed by atoms with van der Waals surface area (Å²) in [4.78, 5) is 0. The summed E-state index contributed by atoms with van der Waals surface area (Å²) in [7, 11) is 7.36. The predicted molar refractivity (Wildman–Crippen MR) is 194 cm³/mol. The van der Waals surface area contributed by atoms with E-state index in [2.05, 4.69) is 0 Å². The molecule has 0 aliphatic carbocycles. The van der Waals surface area contributed by atoms with Crippen LogP contribution in [0.1, 0.15) is 32.8 Å². The van der Waals surface area contributed by atoms with Crippen LogP contribution in [0.5, 0.6) is 57.5 Å². The van der Waals surface area contributed by atoms with Gasteiger partial charge in [0, 0.05) is 0 Å². The highest BCUT2D eigenvalue weighted by Crippen LogP contribution is 2.44. The lowest BCUT2D eigenvalue weighted by atomic mass is 10.1. The Labute approximate surface area is 297 Å². The fraction of sp³-hybridized carbons (Fsp3) is 0.263. The molecule has 0 amide bonds. The lowest BCUT2D eigenvalue weighted by Gasteiger charge is -2.23. The zero-order chi connectivity index (χ0) is 37.3. The fourth-order valence-corrected chi connectivity index (χ4v) is 7.50. The van der Waals surface area contributed by atoms with Crippen molar-refractivity contribution in [1.82, 2.24) is 0 Å². The zero-order valence-corrected chi connectivity index (χ0v) is 30.4. The van der Waals surface area contributed by atoms with Gasteiger partial charge in [-0.1, -0.05) is 36.4 Å². The van der Waals surface area contributed by atoms with E-state index < -0.39 is 20.3 Å². The summed E-state index contributed by atoms with van der Waals surface area (Å²) in [5.41, 5.74) is 1.60. The molecule has 0 aliphatic rings. The van der Waals surface area contributed by atoms with Crippen molar-refractivity contribution in [1.29, 1.82) is 0 Å². The number of sulfone groups is 1. The van der Waals surface area contributed by atoms with E-state index in [9.17, 15) is 10.2 Å². The molecule has 0 fully saturated rings. The minimum Gasteiger partial charge on any atom is -0.504 e. The Balaban J connectivity index is 1.96. The highest BCUT2D eigenvalue weighted by molar-refractivity contribution is 7.92. The molecular formula is C38H42O12S. The van der Waals surface area contributed by atoms with Gasteiger partial charge >= 0.3 is 0 Å². The maximum absolute atomic E-state index is 15.0. The molecule has 0 saturated carbocycles. The molecule has 51 heavy (non-hydrogen) atoms. The lowest BCUT2D eigenvalue weighted by Crippen LogP contribution is -2.19. The van der Waals surface area contributed by atoms with Crippen molar-refractivity contribution in [3.8, 4) is 57.5 Å². The molecule has 2 atom stereocenters. The Morgan fingerprint density at radius 1 is 0.471 bits per heavy atom. The van der Waals surface area contributed by atoms with Crippen molar-refractivity contribution < 1.29 is 56.5 Å². The standard InChI is InChI=1S/C38H42O12S/c1-43-29-13-11-25(21-27(29)39)35(15-9-23-17-31(45-3)37(49-7)32(18-23)46-4)51(41,42)36(26-12-14-30(44-2)28(40)22-26)16-10-24-19-33(47-5)38(50-8)34(20-24)48-6/h9-22,35-36,39-40H,1-8H3/b15-9+,16-10+. The van der Waals surface area contributed by atoms with E-state index in [-0.39, 0.29) is 34.1 Å². The third kappa shape index (κ3) is 8.21. The first kappa shape index (κ1) is 38.1. The second-order valence-electron chi connectivity index (χ2n) is 10.9. The number of methoxy groups -OCH3 is 8. The van der Waals surface area contributed by atoms with Gasteiger partial charge in [-0.05, 0) is 70.8 Å². The minimum absolute atomic E-state index is 0.169. The van der Waals surface area contributed by atoms with Gasteiger partial charge in [0.05, 0.1) is 56.9 Å². The van der Waals surface area contributed by atoms with E-state index in [0.717, 1.165) is 0 Å². The van der Waals surface area contributed by atoms with Crippen LogP contribution in [0.25, 0.3) is 12.2 Å². The smallest absolute Gasteiger partial charge is 0.203 e. The van der Waals surface area contributed by atoms with E-state index in [1.807, 2.05) is 0 Å². The van der Waals surface area contributed by atoms with Crippen molar-refractivity contribution >= 4 is 22.0 Å². The Kier molecular flexibility index (Phi) is 12.6. The predicted octanol–water partition coefficient (Wildman–Crippen LogP) is 6.79. The first-order valence-electron chi connectivity index (χ1n) is 15.4. The maximum atomic E-state index is 15.0. The average Bonchev–Trinajstić information content (AvgIpc) is 3.13. The van der Waals surface area contributed by atoms with Crippen molar-refractivity contribution in [3.63, 3.8) is 0 Å². The Hall–Kier alpha value is -5.69. The third-order valence-corrected chi connectivity index (χ3v) is 10.3. The summed E-state index contributed by atoms with van der Waals surface area (Å²) >= 11 is 0. The van der Waals surface area contributed by atoms with Crippen LogP contribution in [0, 0.1) is 0 Å². The van der Waals surface area contributed by atoms with Gasteiger partial charge in [0.2, 0.25) is 11.5 Å². The number of phenolic OH excluding ortho intramolecular Hbond substituents is 2. The van der Waals surface area contributed by atoms with E-state index >= 15 is 8.42 Å². The van der Waals surface area contributed by atoms with Crippen LogP contribution < -0.4 is 37.9 Å². The summed E-state index contributed by atoms with van der Waals surface area (Å²) in [6, 6.07) is 15.5. The van der Waals surface area contributed by atoms with E-state index in [1.165, 1.54) is 93.3 Å². The summed E-state index contributed by atoms with van der Waals surface area (Å²) in [5, 5.41) is 18.8. The molecule has 0 saturated heterocycles. The zero-order valence-electron chi connectivity index (χ0n) is 29.6. The molecule has 0 bridgehead atoms. The Morgan fingerprint density at radius 2 is 0.784 bits per heavy atom. The molecule has 2 unspecified atom stereocenters. The van der Waals surface area contributed by atoms with Crippen molar-refractivity contribution in [2.24, 2.45) is 0 Å². The minimum atomic E-state index is -4.32. The largest absolute Gasteiger partial charge is 0.504 e. The molecule has 4 aromatic carbocycles. The topological polar surface area (TPSA) is 148 Å². The number of aromatic hydroxyl groups is 2. The van der Waals surface area contributed by atoms with Gasteiger partial charge in [-0.3, -0.25) is 0 Å². The second kappa shape index (κ2) is 16.8. The van der Waals surface area contributed by atoms with E-state index in [0.29, 0.717) is 45.6 Å². The van der Waals surface area contributed by atoms with Crippen LogP contribution in [0.2, 0.25) is 0 Å². The highest BCUT2D eigenvalue weighted by Gasteiger charge is 2.35. The van der Waals surface area contributed by atoms with Crippen LogP contribution in [0.4, 0.5) is 0 Å².